The van der Waals surface area contributed by atoms with Crippen molar-refractivity contribution in [2.75, 3.05) is 26.3 Å². The van der Waals surface area contributed by atoms with Crippen molar-refractivity contribution < 1.29 is 10.2 Å². The number of benzene rings is 2. The van der Waals surface area contributed by atoms with Crippen LogP contribution in [0.15, 0.2) is 60.7 Å². The molecule has 0 unspecified atom stereocenters. The van der Waals surface area contributed by atoms with Gasteiger partial charge < -0.3 is 10.2 Å². The molecular formula is C18H23NO2. The van der Waals surface area contributed by atoms with Crippen LogP contribution in [0.25, 0.3) is 0 Å². The minimum Gasteiger partial charge on any atom is -0.395 e. The SMILES string of the molecule is OCCN(CCO)[C@H](Cc1ccccc1)c1ccccc1. The molecule has 0 radical (unpaired) electrons. The first-order valence-electron chi connectivity index (χ1n) is 7.39. The lowest BCUT2D eigenvalue weighted by Crippen LogP contribution is -2.35. The molecule has 2 aromatic carbocycles. The normalized spacial score (nSPS) is 12.5. The summed E-state index contributed by atoms with van der Waals surface area (Å²) < 4.78 is 0. The van der Waals surface area contributed by atoms with Crippen LogP contribution in [0.4, 0.5) is 0 Å². The van der Waals surface area contributed by atoms with Gasteiger partial charge in [0.15, 0.2) is 0 Å². The van der Waals surface area contributed by atoms with E-state index < -0.39 is 0 Å². The van der Waals surface area contributed by atoms with Gasteiger partial charge in [0.1, 0.15) is 0 Å². The fourth-order valence-corrected chi connectivity index (χ4v) is 2.65. The lowest BCUT2D eigenvalue weighted by Gasteiger charge is -2.31. The summed E-state index contributed by atoms with van der Waals surface area (Å²) in [6, 6.07) is 20.8. The molecule has 0 heterocycles. The van der Waals surface area contributed by atoms with Gasteiger partial charge in [-0.3, -0.25) is 4.90 Å². The van der Waals surface area contributed by atoms with Gasteiger partial charge in [0, 0.05) is 19.1 Å². The summed E-state index contributed by atoms with van der Waals surface area (Å²) in [5.74, 6) is 0. The second kappa shape index (κ2) is 8.57. The van der Waals surface area contributed by atoms with Gasteiger partial charge in [-0.2, -0.15) is 0 Å². The average Bonchev–Trinajstić information content (AvgIpc) is 2.54. The highest BCUT2D eigenvalue weighted by Gasteiger charge is 2.19. The summed E-state index contributed by atoms with van der Waals surface area (Å²) in [5.41, 5.74) is 2.47. The molecule has 0 bridgehead atoms. The molecule has 0 aromatic heterocycles. The molecule has 0 aliphatic rings. The van der Waals surface area contributed by atoms with E-state index in [-0.39, 0.29) is 19.3 Å². The number of aliphatic hydroxyl groups is 2. The molecule has 0 aliphatic heterocycles. The van der Waals surface area contributed by atoms with Crippen LogP contribution in [-0.4, -0.2) is 41.4 Å². The van der Waals surface area contributed by atoms with E-state index in [4.69, 9.17) is 0 Å². The molecule has 3 nitrogen and oxygen atoms in total. The Morgan fingerprint density at radius 2 is 1.29 bits per heavy atom. The highest BCUT2D eigenvalue weighted by molar-refractivity contribution is 5.24. The van der Waals surface area contributed by atoms with Gasteiger partial charge in [-0.25, -0.2) is 0 Å². The van der Waals surface area contributed by atoms with Crippen LogP contribution in [0, 0.1) is 0 Å². The smallest absolute Gasteiger partial charge is 0.0558 e. The summed E-state index contributed by atoms with van der Waals surface area (Å²) in [5, 5.41) is 18.6. The Morgan fingerprint density at radius 3 is 1.81 bits per heavy atom. The molecule has 1 atom stereocenters. The largest absolute Gasteiger partial charge is 0.395 e. The number of rotatable bonds is 8. The van der Waals surface area contributed by atoms with Crippen LogP contribution >= 0.6 is 0 Å². The monoisotopic (exact) mass is 285 g/mol. The highest BCUT2D eigenvalue weighted by Crippen LogP contribution is 2.24. The molecule has 2 rings (SSSR count). The number of hydrogen-bond acceptors (Lipinski definition) is 3. The minimum atomic E-state index is 0.0954. The molecule has 0 fully saturated rings. The maximum absolute atomic E-state index is 9.30. The molecule has 21 heavy (non-hydrogen) atoms. The van der Waals surface area contributed by atoms with Crippen LogP contribution in [0.5, 0.6) is 0 Å². The topological polar surface area (TPSA) is 43.7 Å². The van der Waals surface area contributed by atoms with E-state index in [0.717, 1.165) is 6.42 Å². The van der Waals surface area contributed by atoms with Crippen molar-refractivity contribution in [1.82, 2.24) is 4.90 Å². The second-order valence-corrected chi connectivity index (χ2v) is 5.10. The Kier molecular flexibility index (Phi) is 6.41. The molecule has 3 heteroatoms. The van der Waals surface area contributed by atoms with Crippen molar-refractivity contribution in [1.29, 1.82) is 0 Å². The van der Waals surface area contributed by atoms with E-state index >= 15 is 0 Å². The van der Waals surface area contributed by atoms with Gasteiger partial charge >= 0.3 is 0 Å². The molecule has 2 aromatic rings. The fraction of sp³-hybridized carbons (Fsp3) is 0.333. The number of hydrogen-bond donors (Lipinski definition) is 2. The second-order valence-electron chi connectivity index (χ2n) is 5.10. The molecule has 2 N–H and O–H groups in total. The van der Waals surface area contributed by atoms with Gasteiger partial charge in [-0.05, 0) is 17.5 Å². The van der Waals surface area contributed by atoms with E-state index in [2.05, 4.69) is 29.2 Å². The van der Waals surface area contributed by atoms with Gasteiger partial charge in [0.25, 0.3) is 0 Å². The average molecular weight is 285 g/mol. The third-order valence-corrected chi connectivity index (χ3v) is 3.67. The highest BCUT2D eigenvalue weighted by atomic mass is 16.3. The summed E-state index contributed by atoms with van der Waals surface area (Å²) in [4.78, 5) is 2.14. The predicted octanol–water partition coefficient (Wildman–Crippen LogP) is 2.26. The Labute approximate surface area is 126 Å². The third kappa shape index (κ3) is 4.67. The van der Waals surface area contributed by atoms with Crippen molar-refractivity contribution in [3.63, 3.8) is 0 Å². The molecule has 112 valence electrons. The van der Waals surface area contributed by atoms with Crippen LogP contribution in [0.2, 0.25) is 0 Å². The molecule has 0 saturated carbocycles. The van der Waals surface area contributed by atoms with E-state index in [1.807, 2.05) is 36.4 Å². The third-order valence-electron chi connectivity index (χ3n) is 3.67. The predicted molar refractivity (Wildman–Crippen MR) is 85.1 cm³/mol. The summed E-state index contributed by atoms with van der Waals surface area (Å²) in [7, 11) is 0. The number of aliphatic hydroxyl groups excluding tert-OH is 2. The molecule has 0 saturated heterocycles. The van der Waals surface area contributed by atoms with Crippen molar-refractivity contribution in [3.8, 4) is 0 Å². The van der Waals surface area contributed by atoms with E-state index in [1.165, 1.54) is 11.1 Å². The zero-order valence-electron chi connectivity index (χ0n) is 12.2. The zero-order chi connectivity index (χ0) is 14.9. The first-order chi connectivity index (χ1) is 10.3. The van der Waals surface area contributed by atoms with Gasteiger partial charge in [0.05, 0.1) is 13.2 Å². The zero-order valence-corrected chi connectivity index (χ0v) is 12.2. The first kappa shape index (κ1) is 15.7. The number of nitrogens with zero attached hydrogens (tertiary/aromatic N) is 1. The Bertz CT molecular complexity index is 495. The Morgan fingerprint density at radius 1 is 0.762 bits per heavy atom. The minimum absolute atomic E-state index is 0.0954. The van der Waals surface area contributed by atoms with E-state index in [9.17, 15) is 10.2 Å². The van der Waals surface area contributed by atoms with Crippen molar-refractivity contribution in [2.24, 2.45) is 0 Å². The molecule has 0 aliphatic carbocycles. The van der Waals surface area contributed by atoms with Gasteiger partial charge in [-0.15, -0.1) is 0 Å². The summed E-state index contributed by atoms with van der Waals surface area (Å²) >= 11 is 0. The van der Waals surface area contributed by atoms with Crippen molar-refractivity contribution in [2.45, 2.75) is 12.5 Å². The first-order valence-corrected chi connectivity index (χ1v) is 7.39. The maximum Gasteiger partial charge on any atom is 0.0558 e. The van der Waals surface area contributed by atoms with Crippen LogP contribution in [0.3, 0.4) is 0 Å². The fourth-order valence-electron chi connectivity index (χ4n) is 2.65. The van der Waals surface area contributed by atoms with E-state index in [1.54, 1.807) is 0 Å². The molecule has 0 amide bonds. The van der Waals surface area contributed by atoms with Crippen LogP contribution < -0.4 is 0 Å². The van der Waals surface area contributed by atoms with Crippen molar-refractivity contribution in [3.05, 3.63) is 71.8 Å². The van der Waals surface area contributed by atoms with Gasteiger partial charge in [0.2, 0.25) is 0 Å². The van der Waals surface area contributed by atoms with Crippen LogP contribution in [-0.2, 0) is 6.42 Å². The van der Waals surface area contributed by atoms with E-state index in [0.29, 0.717) is 13.1 Å². The quantitative estimate of drug-likeness (QED) is 0.782. The lowest BCUT2D eigenvalue weighted by atomic mass is 9.97. The van der Waals surface area contributed by atoms with Gasteiger partial charge in [-0.1, -0.05) is 60.7 Å². The Hall–Kier alpha value is -1.68. The molecule has 0 spiro atoms. The maximum atomic E-state index is 9.30. The summed E-state index contributed by atoms with van der Waals surface area (Å²) in [6.07, 6.45) is 0.866. The Balaban J connectivity index is 2.24. The lowest BCUT2D eigenvalue weighted by molar-refractivity contribution is 0.121. The van der Waals surface area contributed by atoms with Crippen molar-refractivity contribution >= 4 is 0 Å². The van der Waals surface area contributed by atoms with Crippen LogP contribution in [0.1, 0.15) is 17.2 Å². The molecular weight excluding hydrogens is 262 g/mol. The standard InChI is InChI=1S/C18H23NO2/c20-13-11-19(12-14-21)18(17-9-5-2-6-10-17)15-16-7-3-1-4-8-16/h1-10,18,20-21H,11-15H2/t18-/m1/s1. The summed E-state index contributed by atoms with van der Waals surface area (Å²) in [6.45, 7) is 1.32.